The third-order valence-corrected chi connectivity index (χ3v) is 6.26. The van der Waals surface area contributed by atoms with Crippen LogP contribution in [0.15, 0.2) is 47.1 Å². The van der Waals surface area contributed by atoms with Crippen molar-refractivity contribution < 1.29 is 49.7 Å². The van der Waals surface area contributed by atoms with Gasteiger partial charge in [0.05, 0.1) is 32.1 Å². The van der Waals surface area contributed by atoms with Crippen LogP contribution in [-0.2, 0) is 4.74 Å². The van der Waals surface area contributed by atoms with E-state index in [0.29, 0.717) is 6.08 Å². The van der Waals surface area contributed by atoms with Gasteiger partial charge < -0.3 is 14.2 Å². The third kappa shape index (κ3) is 5.88. The van der Waals surface area contributed by atoms with Crippen molar-refractivity contribution in [3.8, 4) is 11.5 Å². The van der Waals surface area contributed by atoms with E-state index in [1.54, 1.807) is 13.8 Å². The summed E-state index contributed by atoms with van der Waals surface area (Å²) in [5, 5.41) is 0. The lowest BCUT2D eigenvalue weighted by atomic mass is 9.80. The molecule has 0 bridgehead atoms. The number of halogens is 7. The van der Waals surface area contributed by atoms with Gasteiger partial charge in [-0.15, -0.1) is 0 Å². The third-order valence-electron chi connectivity index (χ3n) is 6.26. The number of benzene rings is 1. The predicted octanol–water partition coefficient (Wildman–Crippen LogP) is 7.19. The van der Waals surface area contributed by atoms with Gasteiger partial charge in [0.15, 0.2) is 11.5 Å². The van der Waals surface area contributed by atoms with Crippen LogP contribution in [0.2, 0.25) is 0 Å². The lowest BCUT2D eigenvalue weighted by Crippen LogP contribution is -2.45. The maximum absolute atomic E-state index is 16.1. The van der Waals surface area contributed by atoms with Crippen molar-refractivity contribution in [2.24, 2.45) is 0 Å². The first-order valence-electron chi connectivity index (χ1n) is 11.4. The van der Waals surface area contributed by atoms with Crippen LogP contribution in [0.5, 0.6) is 11.5 Å². The number of allylic oxidation sites excluding steroid dienone is 6. The number of amides is 1. The average molecular weight is 537 g/mol. The maximum atomic E-state index is 16.1. The Balaban J connectivity index is 2.14. The Bertz CT molecular complexity index is 1120. The van der Waals surface area contributed by atoms with Gasteiger partial charge in [0.1, 0.15) is 6.17 Å². The van der Waals surface area contributed by atoms with Crippen molar-refractivity contribution in [3.05, 3.63) is 52.6 Å². The average Bonchev–Trinajstić information content (AvgIpc) is 3.06. The molecule has 0 fully saturated rings. The summed E-state index contributed by atoms with van der Waals surface area (Å²) in [5.41, 5.74) is -3.16. The molecule has 3 atom stereocenters. The van der Waals surface area contributed by atoms with Crippen molar-refractivity contribution >= 4 is 11.8 Å². The molecule has 0 saturated carbocycles. The van der Waals surface area contributed by atoms with Gasteiger partial charge in [-0.05, 0) is 56.0 Å². The van der Waals surface area contributed by atoms with Crippen molar-refractivity contribution in [1.29, 1.82) is 0 Å². The smallest absolute Gasteiger partial charge is 0.416 e. The highest BCUT2D eigenvalue weighted by Gasteiger charge is 2.43. The van der Waals surface area contributed by atoms with E-state index in [1.807, 2.05) is 0 Å². The van der Waals surface area contributed by atoms with Gasteiger partial charge >= 0.3 is 18.4 Å². The van der Waals surface area contributed by atoms with E-state index >= 15 is 4.39 Å². The zero-order valence-electron chi connectivity index (χ0n) is 20.5. The number of nitrogens with zero attached hydrogens (tertiary/aromatic N) is 1. The summed E-state index contributed by atoms with van der Waals surface area (Å²) in [7, 11) is 2.68. The summed E-state index contributed by atoms with van der Waals surface area (Å²) in [4.78, 5) is 14.0. The van der Waals surface area contributed by atoms with Crippen LogP contribution >= 0.6 is 0 Å². The fourth-order valence-electron chi connectivity index (χ4n) is 4.52. The SMILES string of the molecule is CCOC(=O)N1c2cc(OC)c(OC)cc2C(C(F)C2=CCC(C(F)(F)F)=CC(C(F)(F)F)=C2)CC1C. The van der Waals surface area contributed by atoms with E-state index in [2.05, 4.69) is 0 Å². The number of anilines is 1. The van der Waals surface area contributed by atoms with Gasteiger partial charge in [0, 0.05) is 23.6 Å². The topological polar surface area (TPSA) is 48.0 Å². The molecule has 1 aliphatic heterocycles. The molecular formula is C25H26F7NO4. The molecule has 0 aromatic heterocycles. The molecule has 1 aromatic rings. The van der Waals surface area contributed by atoms with Gasteiger partial charge in [-0.25, -0.2) is 9.18 Å². The minimum absolute atomic E-state index is 0.00401. The van der Waals surface area contributed by atoms with E-state index in [-0.39, 0.29) is 41.9 Å². The molecule has 0 spiro atoms. The van der Waals surface area contributed by atoms with Crippen LogP contribution < -0.4 is 14.4 Å². The molecule has 37 heavy (non-hydrogen) atoms. The van der Waals surface area contributed by atoms with Crippen molar-refractivity contribution in [1.82, 2.24) is 0 Å². The van der Waals surface area contributed by atoms with Crippen molar-refractivity contribution in [2.45, 2.75) is 57.2 Å². The molecule has 0 saturated heterocycles. The zero-order valence-corrected chi connectivity index (χ0v) is 20.5. The molecule has 204 valence electrons. The monoisotopic (exact) mass is 537 g/mol. The molecule has 1 heterocycles. The van der Waals surface area contributed by atoms with Crippen LogP contribution in [0, 0.1) is 0 Å². The summed E-state index contributed by atoms with van der Waals surface area (Å²) in [6.07, 6.45) is -12.7. The summed E-state index contributed by atoms with van der Waals surface area (Å²) < 4.78 is 112. The number of carbonyl (C=O) groups is 1. The molecule has 1 amide bonds. The fraction of sp³-hybridized carbons (Fsp3) is 0.480. The van der Waals surface area contributed by atoms with E-state index in [4.69, 9.17) is 14.2 Å². The highest BCUT2D eigenvalue weighted by Crippen LogP contribution is 2.48. The Morgan fingerprint density at radius 3 is 2.22 bits per heavy atom. The molecule has 3 rings (SSSR count). The van der Waals surface area contributed by atoms with Crippen LogP contribution in [0.1, 0.15) is 38.2 Å². The molecule has 0 radical (unpaired) electrons. The van der Waals surface area contributed by atoms with Crippen LogP contribution in [0.25, 0.3) is 0 Å². The normalized spacial score (nSPS) is 21.2. The first kappa shape index (κ1) is 28.4. The first-order chi connectivity index (χ1) is 17.2. The zero-order chi connectivity index (χ0) is 27.7. The standard InChI is InChI=1S/C25H26F7NO4/c1-5-37-23(34)33-13(2)8-18(17-11-20(35-3)21(36-4)12-19(17)33)22(26)14-6-7-15(24(27,28)29)10-16(9-14)25(30,31)32/h6,9-13,18,22H,5,7-8H2,1-4H3. The van der Waals surface area contributed by atoms with Crippen LogP contribution in [0.3, 0.4) is 0 Å². The number of rotatable bonds is 5. The Hall–Kier alpha value is -3.18. The van der Waals surface area contributed by atoms with E-state index in [9.17, 15) is 31.1 Å². The number of fused-ring (bicyclic) bond motifs is 1. The van der Waals surface area contributed by atoms with E-state index in [1.165, 1.54) is 31.3 Å². The highest BCUT2D eigenvalue weighted by atomic mass is 19.4. The molecule has 0 N–H and O–H groups in total. The second-order valence-electron chi connectivity index (χ2n) is 8.60. The molecule has 5 nitrogen and oxygen atoms in total. The van der Waals surface area contributed by atoms with Gasteiger partial charge in [0.25, 0.3) is 0 Å². The predicted molar refractivity (Wildman–Crippen MR) is 122 cm³/mol. The number of ether oxygens (including phenoxy) is 3. The van der Waals surface area contributed by atoms with Crippen molar-refractivity contribution in [2.75, 3.05) is 25.7 Å². The molecule has 3 unspecified atom stereocenters. The fourth-order valence-corrected chi connectivity index (χ4v) is 4.52. The van der Waals surface area contributed by atoms with Crippen molar-refractivity contribution in [3.63, 3.8) is 0 Å². The molecule has 1 aliphatic carbocycles. The molecule has 1 aromatic carbocycles. The minimum Gasteiger partial charge on any atom is -0.493 e. The number of carbonyl (C=O) groups excluding carboxylic acids is 1. The van der Waals surface area contributed by atoms with E-state index in [0.717, 1.165) is 6.08 Å². The molecule has 12 heteroatoms. The summed E-state index contributed by atoms with van der Waals surface area (Å²) in [5.74, 6) is -0.718. The molecular weight excluding hydrogens is 511 g/mol. The quantitative estimate of drug-likeness (QED) is 0.373. The van der Waals surface area contributed by atoms with E-state index < -0.39 is 59.7 Å². The Labute approximate surface area is 209 Å². The number of hydrogen-bond acceptors (Lipinski definition) is 4. The Morgan fingerprint density at radius 1 is 1.05 bits per heavy atom. The second-order valence-corrected chi connectivity index (χ2v) is 8.60. The summed E-state index contributed by atoms with van der Waals surface area (Å²) in [6.45, 7) is 3.28. The Kier molecular flexibility index (Phi) is 8.18. The number of methoxy groups -OCH3 is 2. The summed E-state index contributed by atoms with van der Waals surface area (Å²) in [6, 6.07) is 2.19. The van der Waals surface area contributed by atoms with Gasteiger partial charge in [-0.3, -0.25) is 4.90 Å². The van der Waals surface area contributed by atoms with Gasteiger partial charge in [0.2, 0.25) is 0 Å². The Morgan fingerprint density at radius 2 is 1.68 bits per heavy atom. The lowest BCUT2D eigenvalue weighted by Gasteiger charge is -2.40. The second kappa shape index (κ2) is 10.7. The van der Waals surface area contributed by atoms with Gasteiger partial charge in [-0.2, -0.15) is 26.3 Å². The molecule has 2 aliphatic rings. The lowest BCUT2D eigenvalue weighted by molar-refractivity contribution is -0.0963. The maximum Gasteiger partial charge on any atom is 0.416 e. The number of hydrogen-bond donors (Lipinski definition) is 0. The minimum atomic E-state index is -5.13. The van der Waals surface area contributed by atoms with Crippen LogP contribution in [0.4, 0.5) is 41.2 Å². The summed E-state index contributed by atoms with van der Waals surface area (Å²) >= 11 is 0. The largest absolute Gasteiger partial charge is 0.493 e. The van der Waals surface area contributed by atoms with Crippen LogP contribution in [-0.4, -0.2) is 51.5 Å². The van der Waals surface area contributed by atoms with Gasteiger partial charge in [-0.1, -0.05) is 6.08 Å². The first-order valence-corrected chi connectivity index (χ1v) is 11.4. The highest BCUT2D eigenvalue weighted by molar-refractivity contribution is 5.91. The number of alkyl halides is 7.